The van der Waals surface area contributed by atoms with E-state index in [0.717, 1.165) is 11.0 Å². The van der Waals surface area contributed by atoms with Gasteiger partial charge in [0.05, 0.1) is 16.0 Å². The highest BCUT2D eigenvalue weighted by molar-refractivity contribution is 5.78. The van der Waals surface area contributed by atoms with Crippen molar-refractivity contribution >= 4 is 22.6 Å². The van der Waals surface area contributed by atoms with E-state index in [2.05, 4.69) is 0 Å². The van der Waals surface area contributed by atoms with Gasteiger partial charge in [-0.1, -0.05) is 24.3 Å². The van der Waals surface area contributed by atoms with Crippen LogP contribution in [0, 0.1) is 10.1 Å². The molecule has 140 valence electrons. The summed E-state index contributed by atoms with van der Waals surface area (Å²) in [6.07, 6.45) is 0.166. The number of carbonyl (C=O) groups is 1. The molecule has 0 aliphatic heterocycles. The molecule has 0 aliphatic carbocycles. The molecule has 1 amide bonds. The lowest BCUT2D eigenvalue weighted by Crippen LogP contribution is -2.29. The van der Waals surface area contributed by atoms with Crippen molar-refractivity contribution in [3.63, 3.8) is 0 Å². The molecule has 1 heterocycles. The van der Waals surface area contributed by atoms with Gasteiger partial charge in [0.25, 0.3) is 5.69 Å². The van der Waals surface area contributed by atoms with E-state index in [0.29, 0.717) is 5.56 Å². The lowest BCUT2D eigenvalue weighted by Gasteiger charge is -2.17. The Morgan fingerprint density at radius 1 is 1.15 bits per heavy atom. The van der Waals surface area contributed by atoms with Gasteiger partial charge in [-0.2, -0.15) is 0 Å². The van der Waals surface area contributed by atoms with Gasteiger partial charge in [-0.15, -0.1) is 0 Å². The van der Waals surface area contributed by atoms with Gasteiger partial charge in [-0.05, 0) is 17.7 Å². The highest BCUT2D eigenvalue weighted by Crippen LogP contribution is 2.15. The number of nitro groups is 1. The molecule has 0 radical (unpaired) electrons. The van der Waals surface area contributed by atoms with Crippen LogP contribution in [0.5, 0.6) is 0 Å². The number of nitro benzene ring substituents is 1. The van der Waals surface area contributed by atoms with Gasteiger partial charge in [-0.25, -0.2) is 4.79 Å². The van der Waals surface area contributed by atoms with Crippen LogP contribution in [-0.4, -0.2) is 31.9 Å². The number of non-ortho nitro benzene ring substituents is 1. The van der Waals surface area contributed by atoms with Crippen molar-refractivity contribution in [2.24, 2.45) is 7.05 Å². The van der Waals surface area contributed by atoms with Crippen LogP contribution in [0.4, 0.5) is 5.69 Å². The summed E-state index contributed by atoms with van der Waals surface area (Å²) < 4.78 is 3.15. The van der Waals surface area contributed by atoms with E-state index in [4.69, 9.17) is 0 Å². The fourth-order valence-electron chi connectivity index (χ4n) is 3.11. The molecule has 0 unspecified atom stereocenters. The largest absolute Gasteiger partial charge is 0.341 e. The maximum atomic E-state index is 12.5. The van der Waals surface area contributed by atoms with E-state index in [9.17, 15) is 19.7 Å². The van der Waals surface area contributed by atoms with Crippen LogP contribution in [0.3, 0.4) is 0 Å². The zero-order valence-corrected chi connectivity index (χ0v) is 15.2. The predicted molar refractivity (Wildman–Crippen MR) is 101 cm³/mol. The van der Waals surface area contributed by atoms with Gasteiger partial charge >= 0.3 is 5.69 Å². The first kappa shape index (κ1) is 18.4. The standard InChI is InChI=1S/C19H20N4O4/c1-20(13-14-6-5-7-15(12-14)23(26)27)18(24)10-11-22-17-9-4-3-8-16(17)21(2)19(22)25/h3-9,12H,10-11,13H2,1-2H3. The van der Waals surface area contributed by atoms with E-state index >= 15 is 0 Å². The molecule has 0 bridgehead atoms. The maximum Gasteiger partial charge on any atom is 0.328 e. The van der Waals surface area contributed by atoms with E-state index in [1.165, 1.54) is 17.0 Å². The minimum absolute atomic E-state index is 0.00402. The van der Waals surface area contributed by atoms with Crippen molar-refractivity contribution < 1.29 is 9.72 Å². The van der Waals surface area contributed by atoms with Crippen LogP contribution in [0.2, 0.25) is 0 Å². The third-order valence-electron chi connectivity index (χ3n) is 4.57. The lowest BCUT2D eigenvalue weighted by atomic mass is 10.2. The third kappa shape index (κ3) is 3.74. The Morgan fingerprint density at radius 3 is 2.56 bits per heavy atom. The van der Waals surface area contributed by atoms with Crippen molar-refractivity contribution in [2.75, 3.05) is 7.05 Å². The molecule has 27 heavy (non-hydrogen) atoms. The van der Waals surface area contributed by atoms with Crippen LogP contribution in [0.15, 0.2) is 53.3 Å². The summed E-state index contributed by atoms with van der Waals surface area (Å²) in [6.45, 7) is 0.545. The average molecular weight is 368 g/mol. The highest BCUT2D eigenvalue weighted by Gasteiger charge is 2.15. The number of fused-ring (bicyclic) bond motifs is 1. The fourth-order valence-corrected chi connectivity index (χ4v) is 3.11. The minimum Gasteiger partial charge on any atom is -0.341 e. The van der Waals surface area contributed by atoms with Crippen molar-refractivity contribution in [2.45, 2.75) is 19.5 Å². The molecule has 0 fully saturated rings. The number of hydrogen-bond donors (Lipinski definition) is 0. The van der Waals surface area contributed by atoms with Gasteiger partial charge in [0.15, 0.2) is 0 Å². The summed E-state index contributed by atoms with van der Waals surface area (Å²) in [5, 5.41) is 10.9. The number of nitrogens with zero attached hydrogens (tertiary/aromatic N) is 4. The Bertz CT molecular complexity index is 1070. The minimum atomic E-state index is -0.460. The van der Waals surface area contributed by atoms with Gasteiger partial charge in [0.1, 0.15) is 0 Å². The monoisotopic (exact) mass is 368 g/mol. The van der Waals surface area contributed by atoms with E-state index < -0.39 is 4.92 Å². The number of rotatable bonds is 6. The average Bonchev–Trinajstić information content (AvgIpc) is 2.91. The summed E-state index contributed by atoms with van der Waals surface area (Å²) in [4.78, 5) is 36.8. The second-order valence-corrected chi connectivity index (χ2v) is 6.41. The Labute approximate surface area is 155 Å². The van der Waals surface area contributed by atoms with Crippen molar-refractivity contribution in [1.29, 1.82) is 0 Å². The van der Waals surface area contributed by atoms with Crippen LogP contribution >= 0.6 is 0 Å². The first-order valence-corrected chi connectivity index (χ1v) is 8.50. The topological polar surface area (TPSA) is 90.4 Å². The van der Waals surface area contributed by atoms with E-state index in [-0.39, 0.29) is 36.8 Å². The Morgan fingerprint density at radius 2 is 1.85 bits per heavy atom. The zero-order valence-electron chi connectivity index (χ0n) is 15.2. The van der Waals surface area contributed by atoms with Gasteiger partial charge in [0, 0.05) is 45.7 Å². The van der Waals surface area contributed by atoms with E-state index in [1.54, 1.807) is 35.4 Å². The molecule has 0 N–H and O–H groups in total. The quantitative estimate of drug-likeness (QED) is 0.493. The van der Waals surface area contributed by atoms with Crippen LogP contribution in [0.1, 0.15) is 12.0 Å². The van der Waals surface area contributed by atoms with Gasteiger partial charge < -0.3 is 4.90 Å². The molecule has 3 rings (SSSR count). The fraction of sp³-hybridized carbons (Fsp3) is 0.263. The second kappa shape index (κ2) is 7.45. The highest BCUT2D eigenvalue weighted by atomic mass is 16.6. The third-order valence-corrected chi connectivity index (χ3v) is 4.57. The number of amides is 1. The van der Waals surface area contributed by atoms with Gasteiger partial charge in [0.2, 0.25) is 5.91 Å². The summed E-state index contributed by atoms with van der Waals surface area (Å²) in [5.41, 5.74) is 2.13. The molecule has 0 saturated heterocycles. The molecule has 8 nitrogen and oxygen atoms in total. The number of aromatic nitrogens is 2. The zero-order chi connectivity index (χ0) is 19.6. The number of imidazole rings is 1. The van der Waals surface area contributed by atoms with Crippen molar-refractivity contribution in [1.82, 2.24) is 14.0 Å². The van der Waals surface area contributed by atoms with Gasteiger partial charge in [-0.3, -0.25) is 24.0 Å². The number of hydrogen-bond acceptors (Lipinski definition) is 4. The van der Waals surface area contributed by atoms with Crippen molar-refractivity contribution in [3.8, 4) is 0 Å². The Hall–Kier alpha value is -3.42. The first-order valence-electron chi connectivity index (χ1n) is 8.50. The molecular formula is C19H20N4O4. The Balaban J connectivity index is 1.69. The number of benzene rings is 2. The van der Waals surface area contributed by atoms with Crippen molar-refractivity contribution in [3.05, 3.63) is 74.7 Å². The summed E-state index contributed by atoms with van der Waals surface area (Å²) >= 11 is 0. The van der Waals surface area contributed by atoms with Crippen LogP contribution < -0.4 is 5.69 Å². The van der Waals surface area contributed by atoms with Crippen LogP contribution in [0.25, 0.3) is 11.0 Å². The lowest BCUT2D eigenvalue weighted by molar-refractivity contribution is -0.384. The first-order chi connectivity index (χ1) is 12.9. The SMILES string of the molecule is CN(Cc1cccc([N+](=O)[O-])c1)C(=O)CCn1c(=O)n(C)c2ccccc21. The molecule has 2 aromatic carbocycles. The summed E-state index contributed by atoms with van der Waals surface area (Å²) in [6, 6.07) is 13.7. The molecule has 0 saturated carbocycles. The molecular weight excluding hydrogens is 348 g/mol. The summed E-state index contributed by atoms with van der Waals surface area (Å²) in [7, 11) is 3.35. The Kier molecular flexibility index (Phi) is 5.07. The van der Waals surface area contributed by atoms with Crippen LogP contribution in [-0.2, 0) is 24.9 Å². The molecule has 0 aliphatic rings. The molecule has 8 heteroatoms. The van der Waals surface area contributed by atoms with E-state index in [1.807, 2.05) is 24.3 Å². The smallest absolute Gasteiger partial charge is 0.328 e. The molecule has 3 aromatic rings. The molecule has 0 atom stereocenters. The molecule has 1 aromatic heterocycles. The number of aryl methyl sites for hydroxylation is 2. The second-order valence-electron chi connectivity index (χ2n) is 6.41. The number of para-hydroxylation sites is 2. The maximum absolute atomic E-state index is 12.5. The summed E-state index contributed by atoms with van der Waals surface area (Å²) in [5.74, 6) is -0.138. The number of carbonyl (C=O) groups excluding carboxylic acids is 1. The normalized spacial score (nSPS) is 10.9. The predicted octanol–water partition coefficient (Wildman–Crippen LogP) is 2.30. The molecule has 0 spiro atoms.